The van der Waals surface area contributed by atoms with Crippen molar-refractivity contribution in [1.29, 1.82) is 0 Å². The first-order valence-electron chi connectivity index (χ1n) is 10.3. The second-order valence-corrected chi connectivity index (χ2v) is 8.32. The summed E-state index contributed by atoms with van der Waals surface area (Å²) in [6.07, 6.45) is 0. The fraction of sp³-hybridized carbons (Fsp3) is 0.458. The Morgan fingerprint density at radius 2 is 1.83 bits per heavy atom. The van der Waals surface area contributed by atoms with Crippen molar-refractivity contribution < 1.29 is 13.9 Å². The molecule has 0 bridgehead atoms. The third-order valence-electron chi connectivity index (χ3n) is 5.62. The van der Waals surface area contributed by atoms with Gasteiger partial charge in [-0.15, -0.1) is 0 Å². The van der Waals surface area contributed by atoms with E-state index in [1.807, 2.05) is 35.2 Å². The van der Waals surface area contributed by atoms with E-state index in [-0.39, 0.29) is 30.4 Å². The molecule has 1 saturated heterocycles. The van der Waals surface area contributed by atoms with Gasteiger partial charge in [-0.25, -0.2) is 4.39 Å². The maximum absolute atomic E-state index is 13.1. The van der Waals surface area contributed by atoms with Crippen molar-refractivity contribution in [1.82, 2.24) is 9.80 Å². The molecule has 4 nitrogen and oxygen atoms in total. The molecule has 1 heterocycles. The third-order valence-corrected chi connectivity index (χ3v) is 5.62. The maximum atomic E-state index is 13.1. The van der Waals surface area contributed by atoms with Gasteiger partial charge >= 0.3 is 0 Å². The Balaban J connectivity index is 1.55. The van der Waals surface area contributed by atoms with Crippen LogP contribution in [-0.2, 0) is 11.3 Å². The Morgan fingerprint density at radius 1 is 1.10 bits per heavy atom. The lowest BCUT2D eigenvalue weighted by Gasteiger charge is -2.44. The SMILES string of the molecule is CC(C)c1cccc(OCC(=O)N2CC(C)N(Cc3ccc(F)cc3)CC2C)c1. The third kappa shape index (κ3) is 5.57. The van der Waals surface area contributed by atoms with E-state index in [0.29, 0.717) is 12.5 Å². The average Bonchev–Trinajstić information content (AvgIpc) is 2.70. The first-order valence-corrected chi connectivity index (χ1v) is 10.3. The van der Waals surface area contributed by atoms with E-state index in [0.717, 1.165) is 24.4 Å². The zero-order valence-electron chi connectivity index (χ0n) is 17.8. The van der Waals surface area contributed by atoms with Gasteiger partial charge in [0.2, 0.25) is 0 Å². The number of rotatable bonds is 6. The maximum Gasteiger partial charge on any atom is 0.260 e. The number of halogens is 1. The molecule has 3 rings (SSSR count). The van der Waals surface area contributed by atoms with Gasteiger partial charge in [-0.3, -0.25) is 9.69 Å². The van der Waals surface area contributed by atoms with Crippen LogP contribution in [0.15, 0.2) is 48.5 Å². The van der Waals surface area contributed by atoms with Crippen molar-refractivity contribution in [3.8, 4) is 5.75 Å². The highest BCUT2D eigenvalue weighted by Gasteiger charge is 2.32. The predicted octanol–water partition coefficient (Wildman–Crippen LogP) is 4.45. The number of carbonyl (C=O) groups is 1. The van der Waals surface area contributed by atoms with Crippen LogP contribution in [0.4, 0.5) is 4.39 Å². The summed E-state index contributed by atoms with van der Waals surface area (Å²) < 4.78 is 18.9. The van der Waals surface area contributed by atoms with E-state index in [2.05, 4.69) is 38.7 Å². The molecule has 1 fully saturated rings. The number of benzene rings is 2. The van der Waals surface area contributed by atoms with Crippen molar-refractivity contribution in [3.05, 3.63) is 65.5 Å². The highest BCUT2D eigenvalue weighted by atomic mass is 19.1. The van der Waals surface area contributed by atoms with Crippen LogP contribution in [-0.4, -0.2) is 47.5 Å². The van der Waals surface area contributed by atoms with Crippen molar-refractivity contribution in [2.24, 2.45) is 0 Å². The van der Waals surface area contributed by atoms with Crippen LogP contribution in [0.5, 0.6) is 5.75 Å². The van der Waals surface area contributed by atoms with Crippen molar-refractivity contribution >= 4 is 5.91 Å². The second-order valence-electron chi connectivity index (χ2n) is 8.32. The lowest BCUT2D eigenvalue weighted by molar-refractivity contribution is -0.139. The van der Waals surface area contributed by atoms with Crippen LogP contribution >= 0.6 is 0 Å². The van der Waals surface area contributed by atoms with Crippen LogP contribution in [0.2, 0.25) is 0 Å². The molecular formula is C24H31FN2O2. The monoisotopic (exact) mass is 398 g/mol. The summed E-state index contributed by atoms with van der Waals surface area (Å²) in [6.45, 7) is 10.7. The minimum Gasteiger partial charge on any atom is -0.484 e. The Bertz CT molecular complexity index is 822. The Morgan fingerprint density at radius 3 is 2.52 bits per heavy atom. The number of hydrogen-bond donors (Lipinski definition) is 0. The van der Waals surface area contributed by atoms with E-state index in [1.165, 1.54) is 17.7 Å². The molecule has 0 saturated carbocycles. The normalized spacial score (nSPS) is 20.1. The van der Waals surface area contributed by atoms with Crippen LogP contribution < -0.4 is 4.74 Å². The topological polar surface area (TPSA) is 32.8 Å². The fourth-order valence-corrected chi connectivity index (χ4v) is 3.78. The molecule has 29 heavy (non-hydrogen) atoms. The van der Waals surface area contributed by atoms with E-state index < -0.39 is 0 Å². The van der Waals surface area contributed by atoms with Gasteiger partial charge in [0.05, 0.1) is 0 Å². The van der Waals surface area contributed by atoms with E-state index in [9.17, 15) is 9.18 Å². The summed E-state index contributed by atoms with van der Waals surface area (Å²) in [4.78, 5) is 17.0. The molecule has 0 N–H and O–H groups in total. The number of piperazine rings is 1. The summed E-state index contributed by atoms with van der Waals surface area (Å²) in [6, 6.07) is 14.9. The Hall–Kier alpha value is -2.40. The molecule has 0 radical (unpaired) electrons. The molecule has 0 aliphatic carbocycles. The molecule has 1 aliphatic heterocycles. The van der Waals surface area contributed by atoms with Gasteiger partial charge in [-0.2, -0.15) is 0 Å². The molecule has 2 atom stereocenters. The number of ether oxygens (including phenoxy) is 1. The van der Waals surface area contributed by atoms with E-state index in [4.69, 9.17) is 4.74 Å². The molecule has 156 valence electrons. The lowest BCUT2D eigenvalue weighted by Crippen LogP contribution is -2.58. The van der Waals surface area contributed by atoms with Crippen LogP contribution in [0.1, 0.15) is 44.7 Å². The average molecular weight is 399 g/mol. The summed E-state index contributed by atoms with van der Waals surface area (Å²) >= 11 is 0. The molecule has 2 aromatic rings. The largest absolute Gasteiger partial charge is 0.484 e. The van der Waals surface area contributed by atoms with Crippen molar-refractivity contribution in [2.45, 2.75) is 52.2 Å². The second kappa shape index (κ2) is 9.40. The summed E-state index contributed by atoms with van der Waals surface area (Å²) in [7, 11) is 0. The van der Waals surface area contributed by atoms with Crippen LogP contribution in [0, 0.1) is 5.82 Å². The number of nitrogens with zero attached hydrogens (tertiary/aromatic N) is 2. The van der Waals surface area contributed by atoms with Crippen molar-refractivity contribution in [3.63, 3.8) is 0 Å². The smallest absolute Gasteiger partial charge is 0.260 e. The van der Waals surface area contributed by atoms with Gasteiger partial charge in [-0.05, 0) is 55.2 Å². The summed E-state index contributed by atoms with van der Waals surface area (Å²) in [5.74, 6) is 0.953. The molecule has 0 spiro atoms. The first-order chi connectivity index (χ1) is 13.8. The predicted molar refractivity (Wildman–Crippen MR) is 113 cm³/mol. The van der Waals surface area contributed by atoms with Gasteiger partial charge in [0.1, 0.15) is 11.6 Å². The van der Waals surface area contributed by atoms with Gasteiger partial charge in [0.15, 0.2) is 6.61 Å². The summed E-state index contributed by atoms with van der Waals surface area (Å²) in [5.41, 5.74) is 2.28. The number of carbonyl (C=O) groups excluding carboxylic acids is 1. The van der Waals surface area contributed by atoms with Crippen LogP contribution in [0.3, 0.4) is 0 Å². The van der Waals surface area contributed by atoms with Gasteiger partial charge in [0, 0.05) is 31.7 Å². The first kappa shape index (κ1) is 21.3. The molecule has 5 heteroatoms. The zero-order chi connectivity index (χ0) is 21.0. The molecule has 2 unspecified atom stereocenters. The summed E-state index contributed by atoms with van der Waals surface area (Å²) in [5, 5.41) is 0. The van der Waals surface area contributed by atoms with Crippen molar-refractivity contribution in [2.75, 3.05) is 19.7 Å². The van der Waals surface area contributed by atoms with Crippen LogP contribution in [0.25, 0.3) is 0 Å². The number of hydrogen-bond acceptors (Lipinski definition) is 3. The minimum absolute atomic E-state index is 0.0146. The van der Waals surface area contributed by atoms with E-state index in [1.54, 1.807) is 0 Å². The molecule has 1 amide bonds. The van der Waals surface area contributed by atoms with Gasteiger partial charge in [-0.1, -0.05) is 38.1 Å². The minimum atomic E-state index is -0.218. The molecule has 1 aliphatic rings. The standard InChI is InChI=1S/C24H31FN2O2/c1-17(2)21-6-5-7-23(12-21)29-16-24(28)27-14-18(3)26(13-19(27)4)15-20-8-10-22(25)11-9-20/h5-12,17-19H,13-16H2,1-4H3. The zero-order valence-corrected chi connectivity index (χ0v) is 17.8. The Labute approximate surface area is 173 Å². The van der Waals surface area contributed by atoms with E-state index >= 15 is 0 Å². The lowest BCUT2D eigenvalue weighted by atomic mass is 10.0. The molecule has 2 aromatic carbocycles. The number of amides is 1. The molecular weight excluding hydrogens is 367 g/mol. The highest BCUT2D eigenvalue weighted by molar-refractivity contribution is 5.78. The molecule has 0 aromatic heterocycles. The fourth-order valence-electron chi connectivity index (χ4n) is 3.78. The Kier molecular flexibility index (Phi) is 6.91. The quantitative estimate of drug-likeness (QED) is 0.721. The van der Waals surface area contributed by atoms with Gasteiger partial charge < -0.3 is 9.64 Å². The highest BCUT2D eigenvalue weighted by Crippen LogP contribution is 2.21. The van der Waals surface area contributed by atoms with Gasteiger partial charge in [0.25, 0.3) is 5.91 Å².